The largest absolute Gasteiger partial charge is 1.00 e. The summed E-state index contributed by atoms with van der Waals surface area (Å²) in [4.78, 5) is 1.54. The Kier molecular flexibility index (Phi) is 18.6. The number of rotatable bonds is 12. The Balaban J connectivity index is 0. The van der Waals surface area contributed by atoms with Crippen molar-refractivity contribution in [1.82, 2.24) is 0 Å². The first-order valence-corrected chi connectivity index (χ1v) is 6.81. The van der Waals surface area contributed by atoms with E-state index in [0.717, 1.165) is 13.2 Å². The summed E-state index contributed by atoms with van der Waals surface area (Å²) in [5, 5.41) is 8.54. The minimum Gasteiger partial charge on any atom is -1.00 e. The van der Waals surface area contributed by atoms with E-state index in [1.165, 1.54) is 50.0 Å². The van der Waals surface area contributed by atoms with Crippen molar-refractivity contribution in [2.75, 3.05) is 40.0 Å². The number of hydrogen-bond donors (Lipinski definition) is 2. The maximum Gasteiger partial charge on any atom is 0.101 e. The summed E-state index contributed by atoms with van der Waals surface area (Å²) < 4.78 is 5.24. The Morgan fingerprint density at radius 2 is 1.59 bits per heavy atom. The average Bonchev–Trinajstić information content (AvgIpc) is 2.29. The fraction of sp³-hybridized carbons (Fsp3) is 1.00. The van der Waals surface area contributed by atoms with Gasteiger partial charge in [0.2, 0.25) is 0 Å². The lowest BCUT2D eigenvalue weighted by molar-refractivity contribution is -0.880. The van der Waals surface area contributed by atoms with Crippen LogP contribution in [0, 0.1) is 0 Å². The molecule has 0 aliphatic rings. The summed E-state index contributed by atoms with van der Waals surface area (Å²) in [5.74, 6) is 0. The van der Waals surface area contributed by atoms with Crippen molar-refractivity contribution in [3.63, 3.8) is 0 Å². The molecule has 106 valence electrons. The van der Waals surface area contributed by atoms with Crippen LogP contribution in [0.1, 0.15) is 45.4 Å². The van der Waals surface area contributed by atoms with E-state index in [9.17, 15) is 0 Å². The van der Waals surface area contributed by atoms with Gasteiger partial charge in [-0.1, -0.05) is 32.6 Å². The van der Waals surface area contributed by atoms with E-state index >= 15 is 0 Å². The molecule has 1 atom stereocenters. The molecule has 1 unspecified atom stereocenters. The van der Waals surface area contributed by atoms with E-state index in [1.807, 2.05) is 0 Å². The summed E-state index contributed by atoms with van der Waals surface area (Å²) in [5.41, 5.74) is 0. The van der Waals surface area contributed by atoms with E-state index in [0.29, 0.717) is 6.61 Å². The summed E-state index contributed by atoms with van der Waals surface area (Å²) in [7, 11) is 2.22. The first kappa shape index (κ1) is 19.5. The fourth-order valence-electron chi connectivity index (χ4n) is 1.75. The van der Waals surface area contributed by atoms with Crippen molar-refractivity contribution < 1.29 is 27.2 Å². The number of quaternary nitrogens is 1. The predicted molar refractivity (Wildman–Crippen MR) is 67.9 cm³/mol. The molecule has 17 heavy (non-hydrogen) atoms. The van der Waals surface area contributed by atoms with Crippen LogP contribution in [0.2, 0.25) is 0 Å². The van der Waals surface area contributed by atoms with Crippen LogP contribution in [0.25, 0.3) is 0 Å². The molecular weight excluding hydrogens is 238 g/mol. The smallest absolute Gasteiger partial charge is 0.101 e. The summed E-state index contributed by atoms with van der Waals surface area (Å²) in [6, 6.07) is 0. The van der Waals surface area contributed by atoms with Gasteiger partial charge in [-0.3, -0.25) is 0 Å². The second kappa shape index (κ2) is 16.2. The van der Waals surface area contributed by atoms with Gasteiger partial charge in [-0.15, -0.1) is 0 Å². The van der Waals surface area contributed by atoms with Gasteiger partial charge in [0.15, 0.2) is 0 Å². The zero-order chi connectivity index (χ0) is 12.1. The predicted octanol–water partition coefficient (Wildman–Crippen LogP) is -2.13. The van der Waals surface area contributed by atoms with Crippen LogP contribution in [-0.2, 0) is 4.74 Å². The SMILES string of the molecule is CCCCCCCC[NH+](C)CCOCCO.[Cl-]. The molecule has 0 bridgehead atoms. The number of hydrogen-bond acceptors (Lipinski definition) is 2. The third-order valence-electron chi connectivity index (χ3n) is 2.87. The van der Waals surface area contributed by atoms with Gasteiger partial charge in [0.25, 0.3) is 0 Å². The quantitative estimate of drug-likeness (QED) is 0.397. The van der Waals surface area contributed by atoms with Gasteiger partial charge in [-0.25, -0.2) is 0 Å². The number of likely N-dealkylation sites (N-methyl/N-ethyl adjacent to an activating group) is 1. The minimum atomic E-state index is 0. The van der Waals surface area contributed by atoms with E-state index in [2.05, 4.69) is 14.0 Å². The van der Waals surface area contributed by atoms with Crippen LogP contribution in [0.3, 0.4) is 0 Å². The van der Waals surface area contributed by atoms with Gasteiger partial charge in [0, 0.05) is 0 Å². The number of aliphatic hydroxyl groups is 1. The second-order valence-corrected chi connectivity index (χ2v) is 4.56. The fourth-order valence-corrected chi connectivity index (χ4v) is 1.75. The Bertz CT molecular complexity index is 137. The van der Waals surface area contributed by atoms with Crippen LogP contribution in [0.4, 0.5) is 0 Å². The van der Waals surface area contributed by atoms with Gasteiger partial charge in [-0.2, -0.15) is 0 Å². The first-order valence-electron chi connectivity index (χ1n) is 6.81. The molecule has 0 rings (SSSR count). The minimum absolute atomic E-state index is 0. The molecule has 4 heteroatoms. The molecule has 3 nitrogen and oxygen atoms in total. The van der Waals surface area contributed by atoms with Gasteiger partial charge in [0.05, 0.1) is 33.4 Å². The van der Waals surface area contributed by atoms with Crippen LogP contribution >= 0.6 is 0 Å². The van der Waals surface area contributed by atoms with E-state index in [1.54, 1.807) is 0 Å². The zero-order valence-corrected chi connectivity index (χ0v) is 12.3. The molecule has 0 spiro atoms. The second-order valence-electron chi connectivity index (χ2n) is 4.56. The topological polar surface area (TPSA) is 33.9 Å². The van der Waals surface area contributed by atoms with Gasteiger partial charge >= 0.3 is 0 Å². The highest BCUT2D eigenvalue weighted by molar-refractivity contribution is 4.42. The molecule has 0 saturated heterocycles. The van der Waals surface area contributed by atoms with Gasteiger partial charge in [0.1, 0.15) is 6.54 Å². The molecule has 0 aromatic carbocycles. The van der Waals surface area contributed by atoms with Crippen LogP contribution < -0.4 is 17.3 Å². The molecule has 0 fully saturated rings. The number of halogens is 1. The zero-order valence-electron chi connectivity index (χ0n) is 11.5. The summed E-state index contributed by atoms with van der Waals surface area (Å²) in [6.07, 6.45) is 8.20. The standard InChI is InChI=1S/C13H29NO2.ClH/c1-3-4-5-6-7-8-9-14(2)10-12-16-13-11-15;/h15H,3-13H2,1-2H3;1H. The lowest BCUT2D eigenvalue weighted by atomic mass is 10.1. The Hall–Kier alpha value is 0.170. The van der Waals surface area contributed by atoms with Crippen molar-refractivity contribution in [2.45, 2.75) is 45.4 Å². The molecule has 0 amide bonds. The van der Waals surface area contributed by atoms with E-state index in [-0.39, 0.29) is 19.0 Å². The molecule has 0 radical (unpaired) electrons. The molecule has 0 aromatic heterocycles. The van der Waals surface area contributed by atoms with Gasteiger partial charge in [-0.05, 0) is 12.8 Å². The van der Waals surface area contributed by atoms with Crippen molar-refractivity contribution >= 4 is 0 Å². The Morgan fingerprint density at radius 3 is 2.24 bits per heavy atom. The Labute approximate surface area is 113 Å². The molecule has 0 aliphatic heterocycles. The van der Waals surface area contributed by atoms with Crippen molar-refractivity contribution in [1.29, 1.82) is 0 Å². The third-order valence-corrected chi connectivity index (χ3v) is 2.87. The highest BCUT2D eigenvalue weighted by atomic mass is 35.5. The lowest BCUT2D eigenvalue weighted by Gasteiger charge is -2.13. The van der Waals surface area contributed by atoms with Crippen molar-refractivity contribution in [2.24, 2.45) is 0 Å². The summed E-state index contributed by atoms with van der Waals surface area (Å²) >= 11 is 0. The number of nitrogens with one attached hydrogen (secondary N) is 1. The molecule has 0 aliphatic carbocycles. The highest BCUT2D eigenvalue weighted by Gasteiger charge is 2.01. The maximum absolute atomic E-state index is 8.54. The monoisotopic (exact) mass is 267 g/mol. The number of ether oxygens (including phenoxy) is 1. The Morgan fingerprint density at radius 1 is 0.941 bits per heavy atom. The molecule has 0 heterocycles. The van der Waals surface area contributed by atoms with E-state index in [4.69, 9.17) is 9.84 Å². The molecule has 2 N–H and O–H groups in total. The van der Waals surface area contributed by atoms with Crippen molar-refractivity contribution in [3.8, 4) is 0 Å². The molecule has 0 saturated carbocycles. The summed E-state index contributed by atoms with van der Waals surface area (Å²) in [6.45, 7) is 5.93. The third kappa shape index (κ3) is 16.2. The molecular formula is C13H30ClNO2. The van der Waals surface area contributed by atoms with Crippen molar-refractivity contribution in [3.05, 3.63) is 0 Å². The lowest BCUT2D eigenvalue weighted by Crippen LogP contribution is -3.09. The molecule has 0 aromatic rings. The van der Waals surface area contributed by atoms with E-state index < -0.39 is 0 Å². The number of unbranched alkanes of at least 4 members (excludes halogenated alkanes) is 5. The average molecular weight is 268 g/mol. The van der Waals surface area contributed by atoms with Crippen LogP contribution in [-0.4, -0.2) is 45.1 Å². The van der Waals surface area contributed by atoms with Crippen LogP contribution in [0.5, 0.6) is 0 Å². The normalized spacial score (nSPS) is 12.2. The van der Waals surface area contributed by atoms with Gasteiger partial charge < -0.3 is 27.2 Å². The first-order chi connectivity index (χ1) is 7.81. The number of aliphatic hydroxyl groups excluding tert-OH is 1. The maximum atomic E-state index is 8.54. The van der Waals surface area contributed by atoms with Crippen LogP contribution in [0.15, 0.2) is 0 Å². The highest BCUT2D eigenvalue weighted by Crippen LogP contribution is 2.03.